The number of benzene rings is 2. The second-order valence-corrected chi connectivity index (χ2v) is 7.83. The van der Waals surface area contributed by atoms with Crippen molar-refractivity contribution in [3.63, 3.8) is 0 Å². The maximum atomic E-state index is 12.1. The number of hydrogen-bond donors (Lipinski definition) is 2. The van der Waals surface area contributed by atoms with Crippen molar-refractivity contribution < 1.29 is 19.1 Å². The molecule has 0 atom stereocenters. The van der Waals surface area contributed by atoms with Crippen LogP contribution in [0.25, 0.3) is 0 Å². The quantitative estimate of drug-likeness (QED) is 0.372. The highest BCUT2D eigenvalue weighted by molar-refractivity contribution is 9.10. The molecule has 0 fully saturated rings. The smallest absolute Gasteiger partial charge is 0.240 e. The molecule has 2 amide bonds. The largest absolute Gasteiger partial charge is 0.493 e. The molecule has 0 saturated heterocycles. The number of ether oxygens (including phenoxy) is 2. The van der Waals surface area contributed by atoms with Gasteiger partial charge >= 0.3 is 0 Å². The van der Waals surface area contributed by atoms with Gasteiger partial charge < -0.3 is 14.8 Å². The van der Waals surface area contributed by atoms with Gasteiger partial charge in [-0.3, -0.25) is 9.59 Å². The topological polar surface area (TPSA) is 89.0 Å². The van der Waals surface area contributed by atoms with Crippen LogP contribution in [0.15, 0.2) is 39.9 Å². The minimum absolute atomic E-state index is 0.0326. The lowest BCUT2D eigenvalue weighted by atomic mass is 10.1. The Morgan fingerprint density at radius 2 is 1.90 bits per heavy atom. The summed E-state index contributed by atoms with van der Waals surface area (Å²) in [4.78, 5) is 24.1. The molecule has 0 aliphatic carbocycles. The normalized spacial score (nSPS) is 10.7. The molecule has 0 saturated carbocycles. The first kappa shape index (κ1) is 24.4. The summed E-state index contributed by atoms with van der Waals surface area (Å²) in [6.07, 6.45) is 2.49. The maximum Gasteiger partial charge on any atom is 0.240 e. The number of aryl methyl sites for hydroxylation is 1. The number of anilines is 1. The highest BCUT2D eigenvalue weighted by Crippen LogP contribution is 2.36. The van der Waals surface area contributed by atoms with E-state index in [2.05, 4.69) is 31.8 Å². The number of rotatable bonds is 10. The number of amides is 2. The Hall–Kier alpha value is -2.87. The van der Waals surface area contributed by atoms with Gasteiger partial charge in [0.1, 0.15) is 0 Å². The van der Waals surface area contributed by atoms with Crippen molar-refractivity contribution in [1.82, 2.24) is 5.43 Å². The van der Waals surface area contributed by atoms with Crippen LogP contribution < -0.4 is 20.2 Å². The van der Waals surface area contributed by atoms with Crippen molar-refractivity contribution in [2.45, 2.75) is 40.0 Å². The van der Waals surface area contributed by atoms with E-state index >= 15 is 0 Å². The van der Waals surface area contributed by atoms with E-state index in [0.717, 1.165) is 33.3 Å². The summed E-state index contributed by atoms with van der Waals surface area (Å²) in [5.41, 5.74) is 6.03. The average Bonchev–Trinajstić information content (AvgIpc) is 2.74. The molecule has 2 N–H and O–H groups in total. The van der Waals surface area contributed by atoms with Gasteiger partial charge in [-0.2, -0.15) is 5.10 Å². The van der Waals surface area contributed by atoms with Crippen molar-refractivity contribution in [3.8, 4) is 11.5 Å². The molecule has 0 bridgehead atoms. The molecule has 7 nitrogen and oxygen atoms in total. The van der Waals surface area contributed by atoms with Crippen molar-refractivity contribution in [2.75, 3.05) is 19.0 Å². The van der Waals surface area contributed by atoms with Crippen molar-refractivity contribution >= 4 is 39.6 Å². The number of nitrogens with one attached hydrogen (secondary N) is 2. The molecule has 0 radical (unpaired) electrons. The third-order valence-electron chi connectivity index (χ3n) is 4.56. The van der Waals surface area contributed by atoms with Crippen molar-refractivity contribution in [3.05, 3.63) is 51.5 Å². The number of nitrogens with zero attached hydrogens (tertiary/aromatic N) is 1. The molecule has 0 unspecified atom stereocenters. The van der Waals surface area contributed by atoms with E-state index in [0.29, 0.717) is 18.1 Å². The van der Waals surface area contributed by atoms with Crippen LogP contribution in [0.4, 0.5) is 5.69 Å². The predicted octanol–water partition coefficient (Wildman–Crippen LogP) is 4.73. The lowest BCUT2D eigenvalue weighted by molar-refractivity contribution is -0.124. The molecule has 2 aromatic carbocycles. The van der Waals surface area contributed by atoms with E-state index in [-0.39, 0.29) is 24.7 Å². The summed E-state index contributed by atoms with van der Waals surface area (Å²) < 4.78 is 11.8. The van der Waals surface area contributed by atoms with Crippen LogP contribution in [0.1, 0.15) is 42.9 Å². The highest BCUT2D eigenvalue weighted by atomic mass is 79.9. The van der Waals surface area contributed by atoms with Gasteiger partial charge in [0.2, 0.25) is 11.8 Å². The Morgan fingerprint density at radius 3 is 2.61 bits per heavy atom. The predicted molar refractivity (Wildman–Crippen MR) is 126 cm³/mol. The fraction of sp³-hybridized carbons (Fsp3) is 0.348. The van der Waals surface area contributed by atoms with Crippen LogP contribution in [-0.2, 0) is 9.59 Å². The summed E-state index contributed by atoms with van der Waals surface area (Å²) in [5.74, 6) is 0.629. The molecule has 166 valence electrons. The van der Waals surface area contributed by atoms with Crippen LogP contribution in [0.2, 0.25) is 0 Å². The number of carbonyl (C=O) groups excluding carboxylic acids is 2. The summed E-state index contributed by atoms with van der Waals surface area (Å²) in [6, 6.07) is 9.30. The molecule has 0 aliphatic rings. The number of hydrogen-bond acceptors (Lipinski definition) is 5. The summed E-state index contributed by atoms with van der Waals surface area (Å²) in [7, 11) is 1.56. The van der Waals surface area contributed by atoms with Gasteiger partial charge in [-0.05, 0) is 71.1 Å². The molecule has 2 aromatic rings. The van der Waals surface area contributed by atoms with Gasteiger partial charge in [0, 0.05) is 18.5 Å². The molecule has 31 heavy (non-hydrogen) atoms. The first-order chi connectivity index (χ1) is 14.8. The molecule has 2 rings (SSSR count). The van der Waals surface area contributed by atoms with E-state index in [1.165, 1.54) is 6.21 Å². The van der Waals surface area contributed by atoms with Crippen LogP contribution >= 0.6 is 15.9 Å². The Kier molecular flexibility index (Phi) is 9.52. The van der Waals surface area contributed by atoms with E-state index < -0.39 is 0 Å². The first-order valence-corrected chi connectivity index (χ1v) is 10.8. The standard InChI is InChI=1S/C23H28BrN3O4/c1-5-11-31-23-18(24)12-17(13-20(23)30-4)14-25-27-22(29)10-9-21(28)26-19-8-6-7-15(2)16(19)3/h6-8,12-14H,5,9-11H2,1-4H3,(H,26,28)(H,27,29). The van der Waals surface area contributed by atoms with Gasteiger partial charge in [0.25, 0.3) is 0 Å². The fourth-order valence-corrected chi connectivity index (χ4v) is 3.29. The number of halogens is 1. The third kappa shape index (κ3) is 7.40. The van der Waals surface area contributed by atoms with Crippen molar-refractivity contribution in [2.24, 2.45) is 5.10 Å². The second-order valence-electron chi connectivity index (χ2n) is 6.97. The zero-order valence-corrected chi connectivity index (χ0v) is 19.8. The molecule has 8 heteroatoms. The Balaban J connectivity index is 1.87. The second kappa shape index (κ2) is 12.1. The number of methoxy groups -OCH3 is 1. The summed E-state index contributed by atoms with van der Waals surface area (Å²) in [6.45, 7) is 6.53. The van der Waals surface area contributed by atoms with E-state index in [1.807, 2.05) is 45.0 Å². The average molecular weight is 490 g/mol. The lowest BCUT2D eigenvalue weighted by Gasteiger charge is -2.12. The maximum absolute atomic E-state index is 12.1. The SMILES string of the molecule is CCCOc1c(Br)cc(C=NNC(=O)CCC(=O)Nc2cccc(C)c2C)cc1OC. The lowest BCUT2D eigenvalue weighted by Crippen LogP contribution is -2.21. The van der Waals surface area contributed by atoms with Crippen LogP contribution in [0.5, 0.6) is 11.5 Å². The molecule has 0 spiro atoms. The Morgan fingerprint density at radius 1 is 1.16 bits per heavy atom. The molecule has 0 aliphatic heterocycles. The first-order valence-electron chi connectivity index (χ1n) is 10.0. The molecular weight excluding hydrogens is 462 g/mol. The highest BCUT2D eigenvalue weighted by Gasteiger charge is 2.11. The van der Waals surface area contributed by atoms with Gasteiger partial charge in [0.15, 0.2) is 11.5 Å². The van der Waals surface area contributed by atoms with Crippen LogP contribution in [0.3, 0.4) is 0 Å². The van der Waals surface area contributed by atoms with Crippen LogP contribution in [-0.4, -0.2) is 31.7 Å². The Bertz CT molecular complexity index is 960. The number of carbonyl (C=O) groups is 2. The zero-order valence-electron chi connectivity index (χ0n) is 18.3. The van der Waals surface area contributed by atoms with Gasteiger partial charge in [0.05, 0.1) is 24.4 Å². The molecule has 0 aromatic heterocycles. The number of hydrazone groups is 1. The molecule has 0 heterocycles. The van der Waals surface area contributed by atoms with Gasteiger partial charge in [-0.25, -0.2) is 5.43 Å². The summed E-state index contributed by atoms with van der Waals surface area (Å²) >= 11 is 3.47. The third-order valence-corrected chi connectivity index (χ3v) is 5.15. The minimum Gasteiger partial charge on any atom is -0.493 e. The monoisotopic (exact) mass is 489 g/mol. The fourth-order valence-electron chi connectivity index (χ4n) is 2.72. The van der Waals surface area contributed by atoms with E-state index in [1.54, 1.807) is 13.2 Å². The Labute approximate surface area is 191 Å². The van der Waals surface area contributed by atoms with Crippen molar-refractivity contribution in [1.29, 1.82) is 0 Å². The van der Waals surface area contributed by atoms with Crippen LogP contribution in [0, 0.1) is 13.8 Å². The summed E-state index contributed by atoms with van der Waals surface area (Å²) in [5, 5.41) is 6.80. The minimum atomic E-state index is -0.346. The van der Waals surface area contributed by atoms with Gasteiger partial charge in [-0.15, -0.1) is 0 Å². The van der Waals surface area contributed by atoms with E-state index in [9.17, 15) is 9.59 Å². The molecular formula is C23H28BrN3O4. The van der Waals surface area contributed by atoms with Gasteiger partial charge in [-0.1, -0.05) is 19.1 Å². The zero-order chi connectivity index (χ0) is 22.8. The van der Waals surface area contributed by atoms with E-state index in [4.69, 9.17) is 9.47 Å².